The van der Waals surface area contributed by atoms with Gasteiger partial charge >= 0.3 is 11.9 Å². The summed E-state index contributed by atoms with van der Waals surface area (Å²) in [6.45, 7) is 4.52. The molecule has 0 aromatic heterocycles. The largest absolute Gasteiger partial charge is 0.459 e. The number of ether oxygens (including phenoxy) is 6. The molecule has 0 unspecified atom stereocenters. The maximum Gasteiger partial charge on any atom is 0.331 e. The number of carbonyl (C=O) groups excluding carboxylic acids is 2. The van der Waals surface area contributed by atoms with E-state index in [0.29, 0.717) is 5.57 Å². The van der Waals surface area contributed by atoms with Crippen LogP contribution in [0.2, 0.25) is 0 Å². The first-order valence-electron chi connectivity index (χ1n) is 12.5. The molecule has 0 amide bonds. The fourth-order valence-electron chi connectivity index (χ4n) is 8.02. The number of carbonyl (C=O) groups is 2. The van der Waals surface area contributed by atoms with Crippen LogP contribution in [-0.4, -0.2) is 123 Å². The molecular formula is C24H30O13. The summed E-state index contributed by atoms with van der Waals surface area (Å²) in [7, 11) is 0. The standard InChI is InChI=1S/C24H30O13/c1-6(32-20-12(29)11(28)10(27)7(5-25)33-20)17-24-8(4-9(26)34-17)22(2)15-13(19(24)37-24)36-21(31)23(15,3)16(30)14-18(22)35-14/h4,6-7,10-20,25,27-30H,5H2,1-3H3/t6-,7+,10+,11-,12+,13-,14-,15-,16-,17+,18-,19+,20+,22+,23+,24-/m0/s1. The fourth-order valence-corrected chi connectivity index (χ4v) is 8.02. The second-order valence-corrected chi connectivity index (χ2v) is 11.7. The quantitative estimate of drug-likeness (QED) is 0.182. The van der Waals surface area contributed by atoms with Gasteiger partial charge in [-0.1, -0.05) is 6.92 Å². The minimum atomic E-state index is -1.65. The van der Waals surface area contributed by atoms with E-state index in [0.717, 1.165) is 0 Å². The van der Waals surface area contributed by atoms with Gasteiger partial charge in [0.25, 0.3) is 0 Å². The van der Waals surface area contributed by atoms with E-state index in [2.05, 4.69) is 0 Å². The summed E-state index contributed by atoms with van der Waals surface area (Å²) in [4.78, 5) is 26.0. The molecule has 5 heterocycles. The van der Waals surface area contributed by atoms with Gasteiger partial charge in [0.1, 0.15) is 48.1 Å². The summed E-state index contributed by atoms with van der Waals surface area (Å²) in [5.74, 6) is -1.71. The van der Waals surface area contributed by atoms with Crippen LogP contribution in [0, 0.1) is 16.7 Å². The van der Waals surface area contributed by atoms with E-state index in [4.69, 9.17) is 28.4 Å². The number of cyclic esters (lactones) is 1. The van der Waals surface area contributed by atoms with E-state index in [-0.39, 0.29) is 0 Å². The van der Waals surface area contributed by atoms with Crippen molar-refractivity contribution in [3.63, 3.8) is 0 Å². The normalized spacial score (nSPS) is 59.6. The van der Waals surface area contributed by atoms with E-state index in [1.165, 1.54) is 6.08 Å². The number of hydrogen-bond donors (Lipinski definition) is 5. The minimum Gasteiger partial charge on any atom is -0.459 e. The van der Waals surface area contributed by atoms with E-state index in [1.54, 1.807) is 13.8 Å². The summed E-state index contributed by atoms with van der Waals surface area (Å²) in [5, 5.41) is 51.1. The van der Waals surface area contributed by atoms with Gasteiger partial charge in [0.15, 0.2) is 18.0 Å². The molecular weight excluding hydrogens is 496 g/mol. The average Bonchev–Trinajstić information content (AvgIpc) is 3.77. The molecule has 2 aliphatic carbocycles. The number of hydrogen-bond acceptors (Lipinski definition) is 13. The monoisotopic (exact) mass is 526 g/mol. The van der Waals surface area contributed by atoms with Crippen molar-refractivity contribution < 1.29 is 63.5 Å². The van der Waals surface area contributed by atoms with Gasteiger partial charge in [-0.25, -0.2) is 4.79 Å². The van der Waals surface area contributed by atoms with Crippen molar-refractivity contribution in [1.29, 1.82) is 0 Å². The summed E-state index contributed by atoms with van der Waals surface area (Å²) >= 11 is 0. The van der Waals surface area contributed by atoms with E-state index in [1.807, 2.05) is 6.92 Å². The fraction of sp³-hybridized carbons (Fsp3) is 0.833. The Morgan fingerprint density at radius 1 is 0.973 bits per heavy atom. The Morgan fingerprint density at radius 3 is 2.41 bits per heavy atom. The molecule has 1 spiro atoms. The third kappa shape index (κ3) is 2.70. The van der Waals surface area contributed by atoms with Gasteiger partial charge in [-0.15, -0.1) is 0 Å². The zero-order chi connectivity index (χ0) is 26.4. The van der Waals surface area contributed by atoms with Crippen LogP contribution < -0.4 is 0 Å². The van der Waals surface area contributed by atoms with Gasteiger partial charge in [-0.3, -0.25) is 4.79 Å². The van der Waals surface area contributed by atoms with E-state index in [9.17, 15) is 35.1 Å². The zero-order valence-electron chi connectivity index (χ0n) is 20.3. The summed E-state index contributed by atoms with van der Waals surface area (Å²) in [6.07, 6.45) is -11.6. The summed E-state index contributed by atoms with van der Waals surface area (Å²) in [5.41, 5.74) is -2.75. The molecule has 16 atom stereocenters. The molecule has 4 saturated heterocycles. The van der Waals surface area contributed by atoms with Gasteiger partial charge in [0.05, 0.1) is 24.9 Å². The number of aliphatic hydroxyl groups is 5. The molecule has 6 fully saturated rings. The topological polar surface area (TPSA) is 197 Å². The lowest BCUT2D eigenvalue weighted by Gasteiger charge is -2.53. The predicted octanol–water partition coefficient (Wildman–Crippen LogP) is -3.11. The first-order valence-corrected chi connectivity index (χ1v) is 12.5. The molecule has 7 rings (SSSR count). The number of rotatable bonds is 4. The first-order chi connectivity index (χ1) is 17.4. The van der Waals surface area contributed by atoms with Crippen LogP contribution in [0.3, 0.4) is 0 Å². The van der Waals surface area contributed by atoms with Gasteiger partial charge in [-0.2, -0.15) is 0 Å². The maximum atomic E-state index is 13.1. The van der Waals surface area contributed by atoms with Crippen LogP contribution in [0.5, 0.6) is 0 Å². The van der Waals surface area contributed by atoms with E-state index >= 15 is 0 Å². The van der Waals surface area contributed by atoms with Gasteiger partial charge in [0.2, 0.25) is 0 Å². The summed E-state index contributed by atoms with van der Waals surface area (Å²) < 4.78 is 35.0. The maximum absolute atomic E-state index is 13.1. The van der Waals surface area contributed by atoms with Crippen molar-refractivity contribution in [2.45, 2.75) is 99.8 Å². The third-order valence-electron chi connectivity index (χ3n) is 9.88. The Bertz CT molecular complexity index is 1090. The smallest absolute Gasteiger partial charge is 0.331 e. The minimum absolute atomic E-state index is 0.459. The molecule has 13 nitrogen and oxygen atoms in total. The number of esters is 2. The van der Waals surface area contributed by atoms with Crippen molar-refractivity contribution in [1.82, 2.24) is 0 Å². The zero-order valence-corrected chi connectivity index (χ0v) is 20.3. The highest BCUT2D eigenvalue weighted by Crippen LogP contribution is 2.75. The van der Waals surface area contributed by atoms with Crippen LogP contribution in [-0.2, 0) is 38.0 Å². The molecule has 204 valence electrons. The van der Waals surface area contributed by atoms with Gasteiger partial charge < -0.3 is 54.0 Å². The highest BCUT2D eigenvalue weighted by atomic mass is 16.7. The highest BCUT2D eigenvalue weighted by Gasteiger charge is 2.89. The lowest BCUT2D eigenvalue weighted by atomic mass is 9.46. The van der Waals surface area contributed by atoms with Crippen LogP contribution in [0.4, 0.5) is 0 Å². The molecule has 5 aliphatic heterocycles. The average molecular weight is 526 g/mol. The first kappa shape index (κ1) is 24.4. The molecule has 0 aromatic carbocycles. The molecule has 7 aliphatic rings. The molecule has 5 N–H and O–H groups in total. The van der Waals surface area contributed by atoms with Crippen molar-refractivity contribution >= 4 is 11.9 Å². The van der Waals surface area contributed by atoms with Crippen LogP contribution >= 0.6 is 0 Å². The highest BCUT2D eigenvalue weighted by molar-refractivity contribution is 5.88. The van der Waals surface area contributed by atoms with Crippen LogP contribution in [0.25, 0.3) is 0 Å². The Kier molecular flexibility index (Phi) is 4.80. The van der Waals surface area contributed by atoms with Crippen LogP contribution in [0.1, 0.15) is 20.8 Å². The molecule has 0 radical (unpaired) electrons. The molecule has 37 heavy (non-hydrogen) atoms. The van der Waals surface area contributed by atoms with Gasteiger partial charge in [0, 0.05) is 17.4 Å². The van der Waals surface area contributed by atoms with Gasteiger partial charge in [-0.05, 0) is 19.4 Å². The Labute approximate surface area is 210 Å². The molecule has 2 saturated carbocycles. The second-order valence-electron chi connectivity index (χ2n) is 11.7. The van der Waals surface area contributed by atoms with Crippen molar-refractivity contribution in [2.75, 3.05) is 6.61 Å². The molecule has 13 heteroatoms. The van der Waals surface area contributed by atoms with E-state index < -0.39 is 114 Å². The predicted molar refractivity (Wildman–Crippen MR) is 114 cm³/mol. The Morgan fingerprint density at radius 2 is 1.70 bits per heavy atom. The number of epoxide rings is 2. The molecule has 0 bridgehead atoms. The molecule has 0 aromatic rings. The van der Waals surface area contributed by atoms with Crippen molar-refractivity contribution in [2.24, 2.45) is 16.7 Å². The second kappa shape index (κ2) is 7.29. The Hall–Kier alpha value is -1.68. The lowest BCUT2D eigenvalue weighted by molar-refractivity contribution is -0.317. The number of fused-ring (bicyclic) bond motifs is 4. The third-order valence-corrected chi connectivity index (χ3v) is 9.88. The Balaban J connectivity index is 1.24. The number of aliphatic hydroxyl groups excluding tert-OH is 5. The van der Waals surface area contributed by atoms with Crippen molar-refractivity contribution in [3.05, 3.63) is 11.6 Å². The summed E-state index contributed by atoms with van der Waals surface area (Å²) in [6, 6.07) is 0. The van der Waals surface area contributed by atoms with Crippen molar-refractivity contribution in [3.8, 4) is 0 Å². The van der Waals surface area contributed by atoms with Crippen LogP contribution in [0.15, 0.2) is 11.6 Å². The lowest BCUT2D eigenvalue weighted by Crippen LogP contribution is -2.66. The SMILES string of the molecule is C[C@H](O[C@@H]1O[C@H](CO)[C@@H](O)[C@H](O)[C@H]1O)[C@H]1OC(=O)C=C2[C@]3(C)[C@@H]4[C@H](OC(=O)[C@@]4(C)[C@@H](O)[C@@H]4O[C@@H]43)[C@H]3O[C@]231.